The Morgan fingerprint density at radius 1 is 0.905 bits per heavy atom. The second-order valence-electron chi connectivity index (χ2n) is 5.01. The average molecular weight is 341 g/mol. The fourth-order valence-electron chi connectivity index (χ4n) is 2.45. The first kappa shape index (κ1) is 14.1. The molecule has 21 heavy (non-hydrogen) atoms. The highest BCUT2D eigenvalue weighted by Crippen LogP contribution is 2.27. The molecule has 0 amide bonds. The van der Waals surface area contributed by atoms with Crippen molar-refractivity contribution in [3.63, 3.8) is 0 Å². The second-order valence-corrected chi connectivity index (χ2v) is 5.86. The van der Waals surface area contributed by atoms with Crippen molar-refractivity contribution >= 4 is 32.5 Å². The summed E-state index contributed by atoms with van der Waals surface area (Å²) in [4.78, 5) is 4.46. The van der Waals surface area contributed by atoms with Crippen LogP contribution in [0.4, 0.5) is 5.82 Å². The van der Waals surface area contributed by atoms with Gasteiger partial charge in [0.2, 0.25) is 0 Å². The van der Waals surface area contributed by atoms with Crippen molar-refractivity contribution in [1.29, 1.82) is 0 Å². The van der Waals surface area contributed by atoms with E-state index in [1.807, 2.05) is 18.3 Å². The van der Waals surface area contributed by atoms with E-state index >= 15 is 0 Å². The highest BCUT2D eigenvalue weighted by atomic mass is 79.9. The summed E-state index contributed by atoms with van der Waals surface area (Å²) in [5.74, 6) is 0.960. The van der Waals surface area contributed by atoms with Crippen LogP contribution in [0.3, 0.4) is 0 Å². The summed E-state index contributed by atoms with van der Waals surface area (Å²) in [5.41, 5.74) is 1.38. The van der Waals surface area contributed by atoms with E-state index in [9.17, 15) is 0 Å². The zero-order chi connectivity index (χ0) is 14.5. The van der Waals surface area contributed by atoms with E-state index in [0.717, 1.165) is 35.1 Å². The van der Waals surface area contributed by atoms with Gasteiger partial charge >= 0.3 is 0 Å². The van der Waals surface area contributed by atoms with Gasteiger partial charge < -0.3 is 5.32 Å². The number of nitrogens with zero attached hydrogens (tertiary/aromatic N) is 1. The Hall–Kier alpha value is -1.87. The van der Waals surface area contributed by atoms with Crippen molar-refractivity contribution in [2.45, 2.75) is 12.8 Å². The maximum Gasteiger partial charge on any atom is 0.133 e. The van der Waals surface area contributed by atoms with Crippen LogP contribution in [0.1, 0.15) is 12.0 Å². The van der Waals surface area contributed by atoms with E-state index in [4.69, 9.17) is 0 Å². The average Bonchev–Trinajstić information content (AvgIpc) is 2.53. The Balaban J connectivity index is 1.65. The van der Waals surface area contributed by atoms with Crippen LogP contribution in [-0.2, 0) is 6.42 Å². The molecule has 0 bridgehead atoms. The maximum atomic E-state index is 4.46. The number of pyridine rings is 1. The molecule has 2 aromatic carbocycles. The van der Waals surface area contributed by atoms with E-state index < -0.39 is 0 Å². The Morgan fingerprint density at radius 2 is 1.76 bits per heavy atom. The molecular formula is C18H17BrN2. The van der Waals surface area contributed by atoms with E-state index in [-0.39, 0.29) is 0 Å². The molecule has 106 valence electrons. The molecular weight excluding hydrogens is 324 g/mol. The molecule has 0 spiro atoms. The molecule has 3 heteroatoms. The predicted octanol–water partition coefficient (Wildman–Crippen LogP) is 5.04. The fourth-order valence-corrected chi connectivity index (χ4v) is 2.95. The van der Waals surface area contributed by atoms with Crippen molar-refractivity contribution in [1.82, 2.24) is 4.98 Å². The molecule has 0 fully saturated rings. The van der Waals surface area contributed by atoms with Gasteiger partial charge in [0.25, 0.3) is 0 Å². The number of aryl methyl sites for hydroxylation is 1. The lowest BCUT2D eigenvalue weighted by molar-refractivity contribution is 0.860. The minimum absolute atomic E-state index is 0.924. The number of rotatable bonds is 5. The molecule has 3 aromatic rings. The summed E-state index contributed by atoms with van der Waals surface area (Å²) in [7, 11) is 0. The van der Waals surface area contributed by atoms with Gasteiger partial charge in [-0.25, -0.2) is 4.98 Å². The van der Waals surface area contributed by atoms with Crippen molar-refractivity contribution in [2.75, 3.05) is 11.9 Å². The standard InChI is InChI=1S/C18H17BrN2/c19-17-10-4-9-16-15(17)11-13-21-18(16)20-12-5-8-14-6-2-1-3-7-14/h1-4,6-7,9-11,13H,5,8,12H2,(H,20,21). The second kappa shape index (κ2) is 6.72. The minimum atomic E-state index is 0.924. The van der Waals surface area contributed by atoms with Crippen LogP contribution in [-0.4, -0.2) is 11.5 Å². The molecule has 0 radical (unpaired) electrons. The van der Waals surface area contributed by atoms with Crippen molar-refractivity contribution < 1.29 is 0 Å². The molecule has 1 aromatic heterocycles. The monoisotopic (exact) mass is 340 g/mol. The lowest BCUT2D eigenvalue weighted by Gasteiger charge is -2.09. The van der Waals surface area contributed by atoms with E-state index in [1.54, 1.807) is 0 Å². The van der Waals surface area contributed by atoms with Gasteiger partial charge in [0.1, 0.15) is 5.82 Å². The third-order valence-corrected chi connectivity index (χ3v) is 4.22. The molecule has 0 aliphatic heterocycles. The Kier molecular flexibility index (Phi) is 4.51. The van der Waals surface area contributed by atoms with Gasteiger partial charge in [0.05, 0.1) is 0 Å². The lowest BCUT2D eigenvalue weighted by atomic mass is 10.1. The first-order valence-corrected chi connectivity index (χ1v) is 7.95. The third kappa shape index (κ3) is 3.42. The first-order chi connectivity index (χ1) is 10.3. The SMILES string of the molecule is Brc1cccc2c(NCCCc3ccccc3)nccc12. The Morgan fingerprint density at radius 3 is 2.62 bits per heavy atom. The number of benzene rings is 2. The maximum absolute atomic E-state index is 4.46. The molecule has 0 unspecified atom stereocenters. The molecule has 0 aliphatic carbocycles. The smallest absolute Gasteiger partial charge is 0.133 e. The Labute approximate surface area is 133 Å². The van der Waals surface area contributed by atoms with Gasteiger partial charge in [-0.3, -0.25) is 0 Å². The number of hydrogen-bond donors (Lipinski definition) is 1. The molecule has 2 nitrogen and oxygen atoms in total. The third-order valence-electron chi connectivity index (χ3n) is 3.53. The summed E-state index contributed by atoms with van der Waals surface area (Å²) in [6, 6.07) is 18.8. The summed E-state index contributed by atoms with van der Waals surface area (Å²) in [6.45, 7) is 0.924. The minimum Gasteiger partial charge on any atom is -0.370 e. The van der Waals surface area contributed by atoms with Crippen LogP contribution in [0.25, 0.3) is 10.8 Å². The van der Waals surface area contributed by atoms with Crippen LogP contribution in [0.5, 0.6) is 0 Å². The molecule has 3 rings (SSSR count). The number of hydrogen-bond acceptors (Lipinski definition) is 2. The van der Waals surface area contributed by atoms with Crippen LogP contribution < -0.4 is 5.32 Å². The topological polar surface area (TPSA) is 24.9 Å². The Bertz CT molecular complexity index is 726. The van der Waals surface area contributed by atoms with Crippen LogP contribution in [0, 0.1) is 0 Å². The first-order valence-electron chi connectivity index (χ1n) is 7.15. The highest BCUT2D eigenvalue weighted by molar-refractivity contribution is 9.10. The number of anilines is 1. The summed E-state index contributed by atoms with van der Waals surface area (Å²) < 4.78 is 1.11. The molecule has 0 saturated heterocycles. The van der Waals surface area contributed by atoms with Crippen molar-refractivity contribution in [3.8, 4) is 0 Å². The zero-order valence-corrected chi connectivity index (χ0v) is 13.3. The predicted molar refractivity (Wildman–Crippen MR) is 92.7 cm³/mol. The zero-order valence-electron chi connectivity index (χ0n) is 11.7. The normalized spacial score (nSPS) is 10.7. The highest BCUT2D eigenvalue weighted by Gasteiger charge is 2.03. The molecule has 0 saturated carbocycles. The van der Waals surface area contributed by atoms with Gasteiger partial charge in [-0.05, 0) is 30.5 Å². The summed E-state index contributed by atoms with van der Waals surface area (Å²) >= 11 is 3.59. The summed E-state index contributed by atoms with van der Waals surface area (Å²) in [5, 5.41) is 5.80. The van der Waals surface area contributed by atoms with Gasteiger partial charge in [-0.1, -0.05) is 58.4 Å². The van der Waals surface area contributed by atoms with E-state index in [1.165, 1.54) is 10.9 Å². The summed E-state index contributed by atoms with van der Waals surface area (Å²) in [6.07, 6.45) is 4.03. The molecule has 1 N–H and O–H groups in total. The number of halogens is 1. The van der Waals surface area contributed by atoms with Crippen LogP contribution >= 0.6 is 15.9 Å². The van der Waals surface area contributed by atoms with Crippen molar-refractivity contribution in [3.05, 3.63) is 70.8 Å². The van der Waals surface area contributed by atoms with Gasteiger partial charge in [0.15, 0.2) is 0 Å². The van der Waals surface area contributed by atoms with Crippen molar-refractivity contribution in [2.24, 2.45) is 0 Å². The number of aromatic nitrogens is 1. The molecule has 0 atom stereocenters. The lowest BCUT2D eigenvalue weighted by Crippen LogP contribution is -2.05. The molecule has 1 heterocycles. The van der Waals surface area contributed by atoms with Gasteiger partial charge in [0, 0.05) is 28.0 Å². The number of fused-ring (bicyclic) bond motifs is 1. The van der Waals surface area contributed by atoms with Crippen LogP contribution in [0.15, 0.2) is 65.3 Å². The van der Waals surface area contributed by atoms with Gasteiger partial charge in [-0.2, -0.15) is 0 Å². The fraction of sp³-hybridized carbons (Fsp3) is 0.167. The largest absolute Gasteiger partial charge is 0.370 e. The van der Waals surface area contributed by atoms with E-state index in [2.05, 4.69) is 68.7 Å². The van der Waals surface area contributed by atoms with E-state index in [0.29, 0.717) is 0 Å². The van der Waals surface area contributed by atoms with Crippen LogP contribution in [0.2, 0.25) is 0 Å². The number of nitrogens with one attached hydrogen (secondary N) is 1. The molecule has 0 aliphatic rings. The van der Waals surface area contributed by atoms with Gasteiger partial charge in [-0.15, -0.1) is 0 Å². The quantitative estimate of drug-likeness (QED) is 0.658.